The van der Waals surface area contributed by atoms with Gasteiger partial charge in [-0.3, -0.25) is 4.90 Å². The van der Waals surface area contributed by atoms with Crippen molar-refractivity contribution in [2.45, 2.75) is 82.8 Å². The Balaban J connectivity index is 1.79. The second-order valence-corrected chi connectivity index (χ2v) is 13.1. The average molecular weight is 599 g/mol. The van der Waals surface area contributed by atoms with Crippen molar-refractivity contribution in [3.63, 3.8) is 0 Å². The van der Waals surface area contributed by atoms with Crippen molar-refractivity contribution in [2.75, 3.05) is 18.0 Å². The maximum atomic E-state index is 13.5. The SMILES string of the molecule is CC(C)NC(=O)N(Cc1ccc(C(F)(F)F)cc1)c1ccc(S(=O)(=O)N2CCC[C@@H]2CNC(=O)OC(C)(C)C)cc1. The second kappa shape index (κ2) is 12.7. The first-order valence-electron chi connectivity index (χ1n) is 13.3. The second-order valence-electron chi connectivity index (χ2n) is 11.2. The summed E-state index contributed by atoms with van der Waals surface area (Å²) in [4.78, 5) is 26.4. The number of halogens is 3. The minimum atomic E-state index is -4.48. The van der Waals surface area contributed by atoms with Crippen LogP contribution in [0.2, 0.25) is 0 Å². The highest BCUT2D eigenvalue weighted by molar-refractivity contribution is 7.89. The lowest BCUT2D eigenvalue weighted by atomic mass is 10.1. The number of benzene rings is 2. The van der Waals surface area contributed by atoms with E-state index in [-0.39, 0.29) is 24.0 Å². The number of nitrogens with zero attached hydrogens (tertiary/aromatic N) is 2. The fourth-order valence-corrected chi connectivity index (χ4v) is 6.06. The summed E-state index contributed by atoms with van der Waals surface area (Å²) in [6.45, 7) is 9.11. The molecule has 0 saturated carbocycles. The minimum absolute atomic E-state index is 0.0177. The van der Waals surface area contributed by atoms with Gasteiger partial charge in [0.2, 0.25) is 10.0 Å². The molecule has 0 bridgehead atoms. The Morgan fingerprint density at radius 1 is 1.05 bits per heavy atom. The molecule has 1 heterocycles. The van der Waals surface area contributed by atoms with Gasteiger partial charge in [-0.15, -0.1) is 0 Å². The Morgan fingerprint density at radius 2 is 1.66 bits per heavy atom. The van der Waals surface area contributed by atoms with Gasteiger partial charge in [0, 0.05) is 30.9 Å². The third-order valence-electron chi connectivity index (χ3n) is 6.24. The molecule has 1 fully saturated rings. The molecular weight excluding hydrogens is 561 g/mol. The molecule has 0 aromatic heterocycles. The van der Waals surface area contributed by atoms with E-state index >= 15 is 0 Å². The van der Waals surface area contributed by atoms with Crippen LogP contribution in [-0.2, 0) is 27.5 Å². The van der Waals surface area contributed by atoms with Crippen LogP contribution in [0.15, 0.2) is 53.4 Å². The lowest BCUT2D eigenvalue weighted by Crippen LogP contribution is -2.44. The van der Waals surface area contributed by atoms with Gasteiger partial charge < -0.3 is 15.4 Å². The van der Waals surface area contributed by atoms with Gasteiger partial charge in [-0.1, -0.05) is 12.1 Å². The van der Waals surface area contributed by atoms with Crippen molar-refractivity contribution in [3.05, 3.63) is 59.7 Å². The Labute approximate surface area is 239 Å². The fourth-order valence-electron chi connectivity index (χ4n) is 4.37. The monoisotopic (exact) mass is 598 g/mol. The van der Waals surface area contributed by atoms with Gasteiger partial charge in [0.1, 0.15) is 5.60 Å². The molecule has 1 atom stereocenters. The number of ether oxygens (including phenoxy) is 1. The van der Waals surface area contributed by atoms with Gasteiger partial charge >= 0.3 is 18.3 Å². The van der Waals surface area contributed by atoms with E-state index in [0.717, 1.165) is 12.1 Å². The number of nitrogens with one attached hydrogen (secondary N) is 2. The molecule has 13 heteroatoms. The van der Waals surface area contributed by atoms with E-state index in [1.807, 2.05) is 0 Å². The summed E-state index contributed by atoms with van der Waals surface area (Å²) in [5.74, 6) is 0. The van der Waals surface area contributed by atoms with E-state index in [0.29, 0.717) is 30.6 Å². The number of alkyl carbamates (subject to hydrolysis) is 1. The molecule has 1 aliphatic heterocycles. The van der Waals surface area contributed by atoms with Gasteiger partial charge in [0.25, 0.3) is 0 Å². The number of rotatable bonds is 8. The van der Waals surface area contributed by atoms with Crippen LogP contribution < -0.4 is 15.5 Å². The number of urea groups is 1. The maximum Gasteiger partial charge on any atom is 0.416 e. The molecule has 2 aromatic carbocycles. The molecule has 0 aliphatic carbocycles. The van der Waals surface area contributed by atoms with Crippen LogP contribution in [0.1, 0.15) is 58.6 Å². The predicted molar refractivity (Wildman–Crippen MR) is 149 cm³/mol. The molecule has 0 spiro atoms. The number of amides is 3. The van der Waals surface area contributed by atoms with Crippen molar-refractivity contribution >= 4 is 27.8 Å². The topological polar surface area (TPSA) is 108 Å². The molecule has 3 rings (SSSR count). The first-order chi connectivity index (χ1) is 19.0. The summed E-state index contributed by atoms with van der Waals surface area (Å²) in [6, 6.07) is 9.13. The number of alkyl halides is 3. The average Bonchev–Trinajstić information content (AvgIpc) is 3.34. The molecule has 9 nitrogen and oxygen atoms in total. The van der Waals surface area contributed by atoms with Crippen molar-refractivity contribution in [2.24, 2.45) is 0 Å². The zero-order valence-electron chi connectivity index (χ0n) is 23.8. The number of hydrogen-bond donors (Lipinski definition) is 2. The molecule has 1 saturated heterocycles. The van der Waals surface area contributed by atoms with Crippen LogP contribution in [0.4, 0.5) is 28.4 Å². The fraction of sp³-hybridized carbons (Fsp3) is 0.500. The van der Waals surface area contributed by atoms with Gasteiger partial charge in [-0.2, -0.15) is 17.5 Å². The highest BCUT2D eigenvalue weighted by atomic mass is 32.2. The smallest absolute Gasteiger partial charge is 0.416 e. The summed E-state index contributed by atoms with van der Waals surface area (Å²) in [6.07, 6.45) is -3.90. The van der Waals surface area contributed by atoms with Crippen molar-refractivity contribution < 1.29 is 35.9 Å². The summed E-state index contributed by atoms with van der Waals surface area (Å²) in [7, 11) is -3.91. The Bertz CT molecular complexity index is 1310. The number of anilines is 1. The van der Waals surface area contributed by atoms with Crippen LogP contribution in [-0.4, -0.2) is 55.6 Å². The Hall–Kier alpha value is -3.32. The molecule has 2 aromatic rings. The number of sulfonamides is 1. The largest absolute Gasteiger partial charge is 0.444 e. The zero-order valence-corrected chi connectivity index (χ0v) is 24.6. The van der Waals surface area contributed by atoms with Gasteiger partial charge in [-0.25, -0.2) is 18.0 Å². The summed E-state index contributed by atoms with van der Waals surface area (Å²) in [5, 5.41) is 5.41. The van der Waals surface area contributed by atoms with Crippen LogP contribution in [0.3, 0.4) is 0 Å². The highest BCUT2D eigenvalue weighted by Gasteiger charge is 2.36. The quantitative estimate of drug-likeness (QED) is 0.417. The predicted octanol–water partition coefficient (Wildman–Crippen LogP) is 5.51. The van der Waals surface area contributed by atoms with Gasteiger partial charge in [0.15, 0.2) is 0 Å². The Morgan fingerprint density at radius 3 is 2.20 bits per heavy atom. The number of carbonyl (C=O) groups excluding carboxylic acids is 2. The number of carbonyl (C=O) groups is 2. The van der Waals surface area contributed by atoms with E-state index < -0.39 is 45.5 Å². The van der Waals surface area contributed by atoms with Crippen LogP contribution >= 0.6 is 0 Å². The minimum Gasteiger partial charge on any atom is -0.444 e. The summed E-state index contributed by atoms with van der Waals surface area (Å²) in [5.41, 5.74) is -0.646. The summed E-state index contributed by atoms with van der Waals surface area (Å²) >= 11 is 0. The third-order valence-corrected chi connectivity index (χ3v) is 8.20. The standard InChI is InChI=1S/C28H37F3N4O5S/c1-19(2)33-25(36)34(18-20-8-10-21(11-9-20)28(29,30)31)22-12-14-24(15-13-22)41(38,39)35-16-6-7-23(35)17-32-26(37)40-27(3,4)5/h8-15,19,23H,6-7,16-18H2,1-5H3,(H,32,37)(H,33,36)/t23-/m1/s1. The van der Waals surface area contributed by atoms with E-state index in [9.17, 15) is 31.2 Å². The van der Waals surface area contributed by atoms with Crippen LogP contribution in [0.25, 0.3) is 0 Å². The van der Waals surface area contributed by atoms with Crippen molar-refractivity contribution in [1.29, 1.82) is 0 Å². The van der Waals surface area contributed by atoms with Gasteiger partial charge in [0.05, 0.1) is 17.0 Å². The van der Waals surface area contributed by atoms with E-state index in [4.69, 9.17) is 4.74 Å². The molecular formula is C28H37F3N4O5S. The highest BCUT2D eigenvalue weighted by Crippen LogP contribution is 2.30. The Kier molecular flexibility index (Phi) is 9.96. The van der Waals surface area contributed by atoms with Crippen LogP contribution in [0, 0.1) is 0 Å². The number of hydrogen-bond acceptors (Lipinski definition) is 5. The van der Waals surface area contributed by atoms with Gasteiger partial charge in [-0.05, 0) is 89.4 Å². The zero-order chi connectivity index (χ0) is 30.6. The molecule has 2 N–H and O–H groups in total. The normalized spacial score (nSPS) is 16.5. The molecule has 1 aliphatic rings. The maximum absolute atomic E-state index is 13.5. The first-order valence-corrected chi connectivity index (χ1v) is 14.7. The first kappa shape index (κ1) is 32.2. The van der Waals surface area contributed by atoms with E-state index in [1.54, 1.807) is 34.6 Å². The third kappa shape index (κ3) is 8.83. The lowest BCUT2D eigenvalue weighted by molar-refractivity contribution is -0.137. The molecule has 3 amide bonds. The van der Waals surface area contributed by atoms with Crippen LogP contribution in [0.5, 0.6) is 0 Å². The summed E-state index contributed by atoms with van der Waals surface area (Å²) < 4.78 is 72.5. The van der Waals surface area contributed by atoms with Crippen molar-refractivity contribution in [1.82, 2.24) is 14.9 Å². The molecule has 226 valence electrons. The van der Waals surface area contributed by atoms with Crippen molar-refractivity contribution in [3.8, 4) is 0 Å². The molecule has 41 heavy (non-hydrogen) atoms. The lowest BCUT2D eigenvalue weighted by Gasteiger charge is -2.27. The van der Waals surface area contributed by atoms with E-state index in [2.05, 4.69) is 10.6 Å². The molecule has 0 unspecified atom stereocenters. The molecule has 0 radical (unpaired) electrons. The van der Waals surface area contributed by atoms with E-state index in [1.165, 1.54) is 45.6 Å².